The van der Waals surface area contributed by atoms with Crippen LogP contribution in [-0.2, 0) is 38.1 Å². The molecule has 0 aromatic heterocycles. The minimum atomic E-state index is -3.65. The second-order valence-electron chi connectivity index (χ2n) is 7.83. The largest absolute Gasteiger partial charge is 0.461 e. The number of hydrogen-bond acceptors (Lipinski definition) is 8. The molecule has 136 valence electrons. The van der Waals surface area contributed by atoms with Gasteiger partial charge in [-0.15, -0.1) is 0 Å². The molecule has 11 unspecified atom stereocenters. The lowest BCUT2D eigenvalue weighted by molar-refractivity contribution is -0.165. The summed E-state index contributed by atoms with van der Waals surface area (Å²) in [5.74, 6) is -1.51. The summed E-state index contributed by atoms with van der Waals surface area (Å²) in [5.41, 5.74) is 0. The van der Waals surface area contributed by atoms with Gasteiger partial charge >= 0.3 is 11.9 Å². The van der Waals surface area contributed by atoms with Gasteiger partial charge in [-0.05, 0) is 18.8 Å². The predicted octanol–water partition coefficient (Wildman–Crippen LogP) is -0.222. The Morgan fingerprint density at radius 3 is 2.76 bits per heavy atom. The molecule has 4 heterocycles. The van der Waals surface area contributed by atoms with E-state index in [1.807, 2.05) is 0 Å². The summed E-state index contributed by atoms with van der Waals surface area (Å²) in [7, 11) is -3.65. The first-order valence-corrected chi connectivity index (χ1v) is 11.2. The molecule has 0 aromatic carbocycles. The molecule has 2 saturated carbocycles. The molecular formula is C15H15IO8S. The van der Waals surface area contributed by atoms with Gasteiger partial charge in [0.25, 0.3) is 10.1 Å². The van der Waals surface area contributed by atoms with Crippen LogP contribution >= 0.6 is 22.6 Å². The number of halogens is 1. The Morgan fingerprint density at radius 1 is 1.16 bits per heavy atom. The molecule has 11 atom stereocenters. The van der Waals surface area contributed by atoms with E-state index in [1.165, 1.54) is 0 Å². The summed E-state index contributed by atoms with van der Waals surface area (Å²) >= 11 is 2.26. The zero-order valence-corrected chi connectivity index (χ0v) is 15.8. The number of rotatable bonds is 2. The summed E-state index contributed by atoms with van der Waals surface area (Å²) in [6.07, 6.45) is -1.45. The van der Waals surface area contributed by atoms with Gasteiger partial charge in [0.2, 0.25) is 0 Å². The highest BCUT2D eigenvalue weighted by Gasteiger charge is 2.70. The van der Waals surface area contributed by atoms with Gasteiger partial charge < -0.3 is 14.2 Å². The molecule has 0 N–H and O–H groups in total. The first-order chi connectivity index (χ1) is 11.9. The Hall–Kier alpha value is -0.460. The van der Waals surface area contributed by atoms with Crippen LogP contribution in [-0.4, -0.2) is 60.1 Å². The summed E-state index contributed by atoms with van der Waals surface area (Å²) in [4.78, 5) is 25.1. The Bertz CT molecular complexity index is 797. The van der Waals surface area contributed by atoms with Gasteiger partial charge in [0, 0.05) is 5.92 Å². The number of esters is 2. The van der Waals surface area contributed by atoms with Crippen molar-refractivity contribution < 1.29 is 36.4 Å². The topological polar surface area (TPSA) is 105 Å². The molecule has 6 aliphatic rings. The van der Waals surface area contributed by atoms with Gasteiger partial charge in [-0.3, -0.25) is 13.8 Å². The summed E-state index contributed by atoms with van der Waals surface area (Å²) < 4.78 is 46.0. The number of carbonyl (C=O) groups excluding carboxylic acids is 2. The van der Waals surface area contributed by atoms with Crippen molar-refractivity contribution >= 4 is 44.6 Å². The number of alkyl halides is 1. The molecule has 6 rings (SSSR count). The van der Waals surface area contributed by atoms with Crippen LogP contribution in [0.15, 0.2) is 0 Å². The van der Waals surface area contributed by atoms with Gasteiger partial charge in [-0.25, -0.2) is 0 Å². The standard InChI is InChI=1S/C15H15IO8S/c16-9-3-1-4-8(15(18)22-10(4)9)7(3)14(17)23-11-5-2-6-12(21-5)13(11)24-25(6,19)20/h3-13H,1-2H2. The van der Waals surface area contributed by atoms with E-state index in [1.54, 1.807) is 0 Å². The highest BCUT2D eigenvalue weighted by Crippen LogP contribution is 2.60. The predicted molar refractivity (Wildman–Crippen MR) is 87.0 cm³/mol. The molecular weight excluding hydrogens is 467 g/mol. The highest BCUT2D eigenvalue weighted by molar-refractivity contribution is 14.1. The van der Waals surface area contributed by atoms with Gasteiger partial charge in [-0.2, -0.15) is 8.42 Å². The van der Waals surface area contributed by atoms with Crippen LogP contribution in [0.1, 0.15) is 12.8 Å². The van der Waals surface area contributed by atoms with E-state index in [9.17, 15) is 18.0 Å². The van der Waals surface area contributed by atoms with Crippen molar-refractivity contribution in [3.05, 3.63) is 0 Å². The minimum Gasteiger partial charge on any atom is -0.461 e. The quantitative estimate of drug-likeness (QED) is 0.230. The van der Waals surface area contributed by atoms with Crippen molar-refractivity contribution in [1.29, 1.82) is 0 Å². The lowest BCUT2D eigenvalue weighted by Crippen LogP contribution is -2.45. The van der Waals surface area contributed by atoms with Gasteiger partial charge in [-0.1, -0.05) is 22.6 Å². The molecule has 0 amide bonds. The molecule has 10 heteroatoms. The van der Waals surface area contributed by atoms with Crippen molar-refractivity contribution in [2.75, 3.05) is 0 Å². The summed E-state index contributed by atoms with van der Waals surface area (Å²) in [6.45, 7) is 0. The molecule has 2 aliphatic carbocycles. The smallest absolute Gasteiger partial charge is 0.310 e. The van der Waals surface area contributed by atoms with Crippen molar-refractivity contribution in [2.45, 2.75) is 52.5 Å². The number of hydrogen-bond donors (Lipinski definition) is 0. The summed E-state index contributed by atoms with van der Waals surface area (Å²) in [5, 5.41) is -0.649. The fourth-order valence-electron chi connectivity index (χ4n) is 5.87. The third-order valence-corrected chi connectivity index (χ3v) is 10.2. The first-order valence-electron chi connectivity index (χ1n) is 8.49. The van der Waals surface area contributed by atoms with E-state index in [-0.39, 0.29) is 27.8 Å². The average Bonchev–Trinajstić information content (AvgIpc) is 3.30. The zero-order chi connectivity index (χ0) is 17.2. The number of carbonyl (C=O) groups is 2. The molecule has 0 spiro atoms. The summed E-state index contributed by atoms with van der Waals surface area (Å²) in [6, 6.07) is 0. The van der Waals surface area contributed by atoms with E-state index in [4.69, 9.17) is 18.4 Å². The molecule has 0 radical (unpaired) electrons. The van der Waals surface area contributed by atoms with Crippen LogP contribution in [0, 0.1) is 23.7 Å². The van der Waals surface area contributed by atoms with Crippen LogP contribution in [0.4, 0.5) is 0 Å². The maximum atomic E-state index is 12.9. The lowest BCUT2D eigenvalue weighted by atomic mass is 9.80. The van der Waals surface area contributed by atoms with E-state index in [0.717, 1.165) is 6.42 Å². The van der Waals surface area contributed by atoms with Crippen molar-refractivity contribution in [3.63, 3.8) is 0 Å². The fraction of sp³-hybridized carbons (Fsp3) is 0.867. The molecule has 25 heavy (non-hydrogen) atoms. The van der Waals surface area contributed by atoms with Gasteiger partial charge in [0.05, 0.1) is 21.9 Å². The highest BCUT2D eigenvalue weighted by atomic mass is 127. The lowest BCUT2D eigenvalue weighted by Gasteiger charge is -2.29. The zero-order valence-electron chi connectivity index (χ0n) is 12.8. The Balaban J connectivity index is 1.26. The Morgan fingerprint density at radius 2 is 1.96 bits per heavy atom. The van der Waals surface area contributed by atoms with Crippen LogP contribution in [0.3, 0.4) is 0 Å². The second-order valence-corrected chi connectivity index (χ2v) is 11.1. The van der Waals surface area contributed by atoms with E-state index in [2.05, 4.69) is 22.6 Å². The van der Waals surface area contributed by atoms with Crippen molar-refractivity contribution in [1.82, 2.24) is 0 Å². The third kappa shape index (κ3) is 1.77. The molecule has 4 saturated heterocycles. The normalized spacial score (nSPS) is 58.8. The molecule has 4 aliphatic heterocycles. The van der Waals surface area contributed by atoms with Gasteiger partial charge in [0.1, 0.15) is 23.6 Å². The average molecular weight is 482 g/mol. The molecule has 0 aromatic rings. The second kappa shape index (κ2) is 4.68. The molecule has 8 nitrogen and oxygen atoms in total. The first kappa shape index (κ1) is 15.6. The molecule has 6 fully saturated rings. The van der Waals surface area contributed by atoms with E-state index in [0.29, 0.717) is 6.42 Å². The van der Waals surface area contributed by atoms with E-state index >= 15 is 0 Å². The van der Waals surface area contributed by atoms with Crippen LogP contribution in [0.2, 0.25) is 0 Å². The minimum absolute atomic E-state index is 0.0695. The molecule has 4 bridgehead atoms. The van der Waals surface area contributed by atoms with Gasteiger partial charge in [0.15, 0.2) is 6.10 Å². The van der Waals surface area contributed by atoms with Crippen molar-refractivity contribution in [3.8, 4) is 0 Å². The Labute approximate surface area is 157 Å². The monoisotopic (exact) mass is 482 g/mol. The van der Waals surface area contributed by atoms with E-state index < -0.39 is 57.6 Å². The van der Waals surface area contributed by atoms with Crippen molar-refractivity contribution in [2.24, 2.45) is 23.7 Å². The van der Waals surface area contributed by atoms with Crippen LogP contribution in [0.5, 0.6) is 0 Å². The maximum Gasteiger partial charge on any atom is 0.310 e. The van der Waals surface area contributed by atoms with Crippen LogP contribution in [0.25, 0.3) is 0 Å². The van der Waals surface area contributed by atoms with Crippen LogP contribution < -0.4 is 0 Å². The fourth-order valence-corrected chi connectivity index (χ4v) is 8.94. The SMILES string of the molecule is O=C(OC1C2CC3C(O2)C1OS3(=O)=O)C1C2CC3C(OC(=O)C31)C2I. The Kier molecular flexibility index (Phi) is 2.92. The number of ether oxygens (including phenoxy) is 3. The third-order valence-electron chi connectivity index (χ3n) is 6.84. The maximum absolute atomic E-state index is 12.9. The number of fused-ring (bicyclic) bond motifs is 2.